The lowest BCUT2D eigenvalue weighted by molar-refractivity contribution is -0.226. The highest BCUT2D eigenvalue weighted by Gasteiger charge is 2.30. The van der Waals surface area contributed by atoms with Crippen molar-refractivity contribution in [3.63, 3.8) is 0 Å². The van der Waals surface area contributed by atoms with Crippen molar-refractivity contribution in [1.29, 1.82) is 0 Å². The molecule has 0 aromatic heterocycles. The zero-order valence-electron chi connectivity index (χ0n) is 18.9. The molecule has 1 atom stereocenters. The van der Waals surface area contributed by atoms with Crippen LogP contribution in [0, 0.1) is 5.41 Å². The van der Waals surface area contributed by atoms with Crippen molar-refractivity contribution in [1.82, 2.24) is 0 Å². The molecule has 0 aliphatic carbocycles. The minimum atomic E-state index is -3.71. The fraction of sp³-hybridized carbons (Fsp3) is 0.458. The lowest BCUT2D eigenvalue weighted by Gasteiger charge is -2.34. The van der Waals surface area contributed by atoms with Gasteiger partial charge in [0.1, 0.15) is 6.10 Å². The summed E-state index contributed by atoms with van der Waals surface area (Å²) in [4.78, 5) is 12.1. The molecule has 0 radical (unpaired) electrons. The summed E-state index contributed by atoms with van der Waals surface area (Å²) in [5.41, 5.74) is 2.66. The van der Waals surface area contributed by atoms with Gasteiger partial charge in [0.05, 0.1) is 32.1 Å². The van der Waals surface area contributed by atoms with E-state index in [9.17, 15) is 13.2 Å². The van der Waals surface area contributed by atoms with Crippen LogP contribution in [0.1, 0.15) is 59.7 Å². The van der Waals surface area contributed by atoms with Crippen molar-refractivity contribution in [3.05, 3.63) is 70.8 Å². The van der Waals surface area contributed by atoms with Gasteiger partial charge in [-0.3, -0.25) is 4.18 Å². The first-order valence-corrected chi connectivity index (χ1v) is 12.3. The van der Waals surface area contributed by atoms with Crippen LogP contribution in [-0.2, 0) is 34.9 Å². The minimum absolute atomic E-state index is 0.0525. The second-order valence-corrected chi connectivity index (χ2v) is 10.4. The fourth-order valence-corrected chi connectivity index (χ4v) is 4.24. The Morgan fingerprint density at radius 2 is 1.81 bits per heavy atom. The number of hydrogen-bond acceptors (Lipinski definition) is 7. The lowest BCUT2D eigenvalue weighted by Crippen LogP contribution is -2.33. The molecule has 32 heavy (non-hydrogen) atoms. The van der Waals surface area contributed by atoms with Crippen LogP contribution in [0.3, 0.4) is 0 Å². The first kappa shape index (κ1) is 24.4. The van der Waals surface area contributed by atoms with Gasteiger partial charge in [-0.2, -0.15) is 8.42 Å². The average Bonchev–Trinajstić information content (AvgIpc) is 2.75. The van der Waals surface area contributed by atoms with Gasteiger partial charge in [-0.1, -0.05) is 50.2 Å². The van der Waals surface area contributed by atoms with Crippen LogP contribution in [0.2, 0.25) is 0 Å². The summed E-state index contributed by atoms with van der Waals surface area (Å²) in [6.07, 6.45) is 0.573. The quantitative estimate of drug-likeness (QED) is 0.429. The molecule has 0 amide bonds. The van der Waals surface area contributed by atoms with E-state index in [0.717, 1.165) is 17.4 Å². The zero-order valence-corrected chi connectivity index (χ0v) is 19.7. The summed E-state index contributed by atoms with van der Waals surface area (Å²) >= 11 is 0. The molecule has 0 N–H and O–H groups in total. The van der Waals surface area contributed by atoms with E-state index in [1.165, 1.54) is 7.11 Å². The van der Waals surface area contributed by atoms with Gasteiger partial charge in [-0.25, -0.2) is 4.79 Å². The van der Waals surface area contributed by atoms with E-state index >= 15 is 0 Å². The van der Waals surface area contributed by atoms with Gasteiger partial charge >= 0.3 is 5.97 Å². The largest absolute Gasteiger partial charge is 0.465 e. The molecule has 0 saturated carbocycles. The second-order valence-electron chi connectivity index (χ2n) is 8.76. The molecule has 2 aromatic rings. The molecule has 7 nitrogen and oxygen atoms in total. The molecular weight excluding hydrogens is 432 g/mol. The van der Waals surface area contributed by atoms with Gasteiger partial charge in [0, 0.05) is 11.0 Å². The standard InChI is InChI=1S/C24H30O7S/c1-24(2)15-29-23(30-16-24)19-10-7-9-18(14-19)21(31-32(4,26)27)13-12-17-8-5-6-11-20(17)22(25)28-3/h5-11,14,21,23H,12-13,15-16H2,1-4H3. The van der Waals surface area contributed by atoms with Crippen LogP contribution in [-0.4, -0.2) is 41.0 Å². The molecule has 0 spiro atoms. The van der Waals surface area contributed by atoms with Gasteiger partial charge in [0.25, 0.3) is 10.1 Å². The first-order chi connectivity index (χ1) is 15.1. The van der Waals surface area contributed by atoms with E-state index in [0.29, 0.717) is 37.2 Å². The number of ether oxygens (including phenoxy) is 3. The van der Waals surface area contributed by atoms with Crippen molar-refractivity contribution in [3.8, 4) is 0 Å². The summed E-state index contributed by atoms with van der Waals surface area (Å²) in [7, 11) is -2.38. The van der Waals surface area contributed by atoms with Crippen molar-refractivity contribution in [2.75, 3.05) is 26.6 Å². The molecular formula is C24H30O7S. The average molecular weight is 463 g/mol. The maximum absolute atomic E-state index is 12.1. The number of rotatable bonds is 8. The SMILES string of the molecule is COC(=O)c1ccccc1CCC(OS(C)(=O)=O)c1cccc(C2OCC(C)(C)CO2)c1. The van der Waals surface area contributed by atoms with Crippen molar-refractivity contribution in [2.45, 2.75) is 39.1 Å². The zero-order chi connectivity index (χ0) is 23.4. The third-order valence-electron chi connectivity index (χ3n) is 5.20. The second kappa shape index (κ2) is 10.1. The van der Waals surface area contributed by atoms with E-state index in [-0.39, 0.29) is 5.41 Å². The Hall–Kier alpha value is -2.26. The van der Waals surface area contributed by atoms with Gasteiger partial charge in [0.2, 0.25) is 0 Å². The van der Waals surface area contributed by atoms with E-state index in [1.807, 2.05) is 36.4 Å². The Kier molecular flexibility index (Phi) is 7.71. The smallest absolute Gasteiger partial charge is 0.338 e. The highest BCUT2D eigenvalue weighted by atomic mass is 32.2. The van der Waals surface area contributed by atoms with Crippen LogP contribution in [0.4, 0.5) is 0 Å². The number of hydrogen-bond donors (Lipinski definition) is 0. The van der Waals surface area contributed by atoms with E-state index in [4.69, 9.17) is 18.4 Å². The van der Waals surface area contributed by atoms with Crippen LogP contribution >= 0.6 is 0 Å². The molecule has 2 aromatic carbocycles. The number of aryl methyl sites for hydroxylation is 1. The lowest BCUT2D eigenvalue weighted by atomic mass is 9.95. The predicted molar refractivity (Wildman–Crippen MR) is 120 cm³/mol. The molecule has 1 aliphatic heterocycles. The molecule has 1 fully saturated rings. The summed E-state index contributed by atoms with van der Waals surface area (Å²) in [5.74, 6) is -0.433. The third-order valence-corrected chi connectivity index (χ3v) is 5.78. The molecule has 1 saturated heterocycles. The van der Waals surface area contributed by atoms with Crippen molar-refractivity contribution in [2.24, 2.45) is 5.41 Å². The Labute approximate surface area is 189 Å². The molecule has 0 bridgehead atoms. The van der Waals surface area contributed by atoms with E-state index < -0.39 is 28.5 Å². The normalized spacial score (nSPS) is 17.6. The molecule has 174 valence electrons. The number of methoxy groups -OCH3 is 1. The van der Waals surface area contributed by atoms with E-state index in [1.54, 1.807) is 12.1 Å². The fourth-order valence-electron chi connectivity index (χ4n) is 3.61. The number of carbonyl (C=O) groups is 1. The van der Waals surface area contributed by atoms with Gasteiger partial charge in [0.15, 0.2) is 6.29 Å². The third kappa shape index (κ3) is 6.62. The maximum atomic E-state index is 12.1. The molecule has 1 heterocycles. The van der Waals surface area contributed by atoms with Crippen LogP contribution in [0.5, 0.6) is 0 Å². The highest BCUT2D eigenvalue weighted by molar-refractivity contribution is 7.86. The summed E-state index contributed by atoms with van der Waals surface area (Å²) in [5, 5.41) is 0. The summed E-state index contributed by atoms with van der Waals surface area (Å²) in [6, 6.07) is 14.5. The summed E-state index contributed by atoms with van der Waals surface area (Å²) < 4.78 is 45.9. The molecule has 8 heteroatoms. The highest BCUT2D eigenvalue weighted by Crippen LogP contribution is 2.33. The number of carbonyl (C=O) groups excluding carboxylic acids is 1. The number of benzene rings is 2. The monoisotopic (exact) mass is 462 g/mol. The predicted octanol–water partition coefficient (Wildman–Crippen LogP) is 4.19. The van der Waals surface area contributed by atoms with Crippen molar-refractivity contribution < 1.29 is 31.6 Å². The van der Waals surface area contributed by atoms with Crippen LogP contribution in [0.15, 0.2) is 48.5 Å². The van der Waals surface area contributed by atoms with Crippen molar-refractivity contribution >= 4 is 16.1 Å². The first-order valence-electron chi connectivity index (χ1n) is 10.5. The topological polar surface area (TPSA) is 88.1 Å². The van der Waals surface area contributed by atoms with Gasteiger partial charge in [-0.05, 0) is 36.1 Å². The number of esters is 1. The Morgan fingerprint density at radius 3 is 2.47 bits per heavy atom. The minimum Gasteiger partial charge on any atom is -0.465 e. The Bertz CT molecular complexity index is 1040. The Morgan fingerprint density at radius 1 is 1.12 bits per heavy atom. The maximum Gasteiger partial charge on any atom is 0.338 e. The molecule has 3 rings (SSSR count). The summed E-state index contributed by atoms with van der Waals surface area (Å²) in [6.45, 7) is 5.27. The van der Waals surface area contributed by atoms with Crippen LogP contribution in [0.25, 0.3) is 0 Å². The molecule has 1 aliphatic rings. The van der Waals surface area contributed by atoms with Gasteiger partial charge in [-0.15, -0.1) is 0 Å². The van der Waals surface area contributed by atoms with E-state index in [2.05, 4.69) is 13.8 Å². The van der Waals surface area contributed by atoms with Crippen LogP contribution < -0.4 is 0 Å². The van der Waals surface area contributed by atoms with Gasteiger partial charge < -0.3 is 14.2 Å². The Balaban J connectivity index is 1.82. The molecule has 1 unspecified atom stereocenters.